The van der Waals surface area contributed by atoms with E-state index in [2.05, 4.69) is 27.0 Å². The number of hydrogen-bond acceptors (Lipinski definition) is 6. The molecule has 1 saturated heterocycles. The van der Waals surface area contributed by atoms with Crippen LogP contribution < -0.4 is 14.4 Å². The van der Waals surface area contributed by atoms with Crippen molar-refractivity contribution in [2.75, 3.05) is 45.3 Å². The summed E-state index contributed by atoms with van der Waals surface area (Å²) in [5, 5.41) is 0. The molecule has 1 aromatic carbocycles. The predicted octanol–water partition coefficient (Wildman–Crippen LogP) is 3.04. The molecule has 160 valence electrons. The molecule has 1 saturated carbocycles. The maximum atomic E-state index is 13.8. The van der Waals surface area contributed by atoms with Crippen LogP contribution in [0.1, 0.15) is 37.7 Å². The number of anilines is 1. The monoisotopic (exact) mass is 410 g/mol. The highest BCUT2D eigenvalue weighted by Gasteiger charge is 2.44. The average Bonchev–Trinajstić information content (AvgIpc) is 2.84. The zero-order valence-corrected chi connectivity index (χ0v) is 17.8. The summed E-state index contributed by atoms with van der Waals surface area (Å²) in [6, 6.07) is 8.09. The van der Waals surface area contributed by atoms with Crippen molar-refractivity contribution in [1.29, 1.82) is 0 Å². The lowest BCUT2D eigenvalue weighted by atomic mass is 9.68. The standard InChI is InChI=1S/C23H30N4O3/c1-29-19-8-6-18(7-9-19)23(10-4-3-5-11-23)22(28)27-14-12-26(13-15-27)20-16-24-17-21(25-20)30-2/h6-9,16-17H,3-5,10-15H2,1-2H3. The minimum Gasteiger partial charge on any atom is -0.497 e. The molecule has 1 amide bonds. The molecule has 30 heavy (non-hydrogen) atoms. The fourth-order valence-corrected chi connectivity index (χ4v) is 4.72. The SMILES string of the molecule is COc1ccc(C2(C(=O)N3CCN(c4cncc(OC)n4)CC3)CCCCC2)cc1. The Bertz CT molecular complexity index is 857. The number of amides is 1. The minimum absolute atomic E-state index is 0.267. The van der Waals surface area contributed by atoms with Gasteiger partial charge in [-0.3, -0.25) is 9.78 Å². The van der Waals surface area contributed by atoms with E-state index in [0.717, 1.165) is 55.9 Å². The van der Waals surface area contributed by atoms with Crippen molar-refractivity contribution < 1.29 is 14.3 Å². The van der Waals surface area contributed by atoms with Crippen LogP contribution >= 0.6 is 0 Å². The van der Waals surface area contributed by atoms with Gasteiger partial charge in [-0.05, 0) is 30.5 Å². The van der Waals surface area contributed by atoms with Crippen molar-refractivity contribution in [1.82, 2.24) is 14.9 Å². The summed E-state index contributed by atoms with van der Waals surface area (Å²) < 4.78 is 10.5. The van der Waals surface area contributed by atoms with E-state index in [-0.39, 0.29) is 5.91 Å². The Morgan fingerprint density at radius 2 is 1.63 bits per heavy atom. The number of piperazine rings is 1. The number of ether oxygens (including phenoxy) is 2. The van der Waals surface area contributed by atoms with Crippen LogP contribution in [0.2, 0.25) is 0 Å². The molecule has 0 atom stereocenters. The summed E-state index contributed by atoms with van der Waals surface area (Å²) in [6.07, 6.45) is 8.58. The third-order valence-electron chi connectivity index (χ3n) is 6.46. The van der Waals surface area contributed by atoms with Gasteiger partial charge >= 0.3 is 0 Å². The van der Waals surface area contributed by atoms with Crippen LogP contribution in [0.15, 0.2) is 36.7 Å². The topological polar surface area (TPSA) is 67.8 Å². The Balaban J connectivity index is 1.50. The van der Waals surface area contributed by atoms with Crippen LogP contribution in [0.3, 0.4) is 0 Å². The zero-order valence-electron chi connectivity index (χ0n) is 17.8. The Hall–Kier alpha value is -2.83. The van der Waals surface area contributed by atoms with Gasteiger partial charge in [-0.2, -0.15) is 4.98 Å². The van der Waals surface area contributed by atoms with Gasteiger partial charge in [0, 0.05) is 26.2 Å². The molecule has 1 aliphatic heterocycles. The Morgan fingerprint density at radius 3 is 2.27 bits per heavy atom. The second kappa shape index (κ2) is 8.90. The second-order valence-corrected chi connectivity index (χ2v) is 8.07. The molecule has 7 nitrogen and oxygen atoms in total. The van der Waals surface area contributed by atoms with E-state index in [9.17, 15) is 4.79 Å². The molecule has 7 heteroatoms. The van der Waals surface area contributed by atoms with E-state index in [1.807, 2.05) is 17.0 Å². The molecule has 4 rings (SSSR count). The number of aromatic nitrogens is 2. The third-order valence-corrected chi connectivity index (χ3v) is 6.46. The average molecular weight is 411 g/mol. The van der Waals surface area contributed by atoms with Gasteiger partial charge in [-0.25, -0.2) is 0 Å². The van der Waals surface area contributed by atoms with Gasteiger partial charge in [0.05, 0.1) is 32.0 Å². The molecule has 0 radical (unpaired) electrons. The number of methoxy groups -OCH3 is 2. The highest BCUT2D eigenvalue weighted by Crippen LogP contribution is 2.41. The molecular formula is C23H30N4O3. The maximum absolute atomic E-state index is 13.8. The third kappa shape index (κ3) is 3.93. The maximum Gasteiger partial charge on any atom is 0.233 e. The van der Waals surface area contributed by atoms with Crippen LogP contribution in [0.4, 0.5) is 5.82 Å². The molecule has 0 bridgehead atoms. The molecule has 2 aliphatic rings. The summed E-state index contributed by atoms with van der Waals surface area (Å²) in [6.45, 7) is 2.86. The van der Waals surface area contributed by atoms with Crippen LogP contribution in [-0.2, 0) is 10.2 Å². The van der Waals surface area contributed by atoms with Gasteiger partial charge < -0.3 is 19.3 Å². The van der Waals surface area contributed by atoms with E-state index in [1.165, 1.54) is 6.42 Å². The van der Waals surface area contributed by atoms with Crippen molar-refractivity contribution >= 4 is 11.7 Å². The molecule has 0 N–H and O–H groups in total. The number of carbonyl (C=O) groups excluding carboxylic acids is 1. The van der Waals surface area contributed by atoms with E-state index >= 15 is 0 Å². The number of nitrogens with zero attached hydrogens (tertiary/aromatic N) is 4. The first-order chi connectivity index (χ1) is 14.7. The molecule has 0 unspecified atom stereocenters. The van der Waals surface area contributed by atoms with Crippen molar-refractivity contribution in [2.24, 2.45) is 0 Å². The first-order valence-corrected chi connectivity index (χ1v) is 10.7. The fraction of sp³-hybridized carbons (Fsp3) is 0.522. The Kier molecular flexibility index (Phi) is 6.06. The number of carbonyl (C=O) groups is 1. The Labute approximate surface area is 178 Å². The smallest absolute Gasteiger partial charge is 0.233 e. The molecule has 0 spiro atoms. The van der Waals surface area contributed by atoms with Crippen LogP contribution in [0.25, 0.3) is 0 Å². The van der Waals surface area contributed by atoms with Crippen molar-refractivity contribution in [3.05, 3.63) is 42.2 Å². The van der Waals surface area contributed by atoms with Crippen LogP contribution in [0, 0.1) is 0 Å². The summed E-state index contributed by atoms with van der Waals surface area (Å²) in [7, 11) is 3.26. The second-order valence-electron chi connectivity index (χ2n) is 8.07. The highest BCUT2D eigenvalue weighted by molar-refractivity contribution is 5.88. The van der Waals surface area contributed by atoms with Gasteiger partial charge in [0.1, 0.15) is 5.75 Å². The lowest BCUT2D eigenvalue weighted by Crippen LogP contribution is -2.55. The lowest BCUT2D eigenvalue weighted by Gasteiger charge is -2.43. The Morgan fingerprint density at radius 1 is 0.933 bits per heavy atom. The molecular weight excluding hydrogens is 380 g/mol. The molecule has 1 aromatic heterocycles. The lowest BCUT2D eigenvalue weighted by molar-refractivity contribution is -0.139. The van der Waals surface area contributed by atoms with E-state index in [4.69, 9.17) is 9.47 Å². The van der Waals surface area contributed by atoms with Gasteiger partial charge in [0.25, 0.3) is 0 Å². The van der Waals surface area contributed by atoms with E-state index < -0.39 is 5.41 Å². The largest absolute Gasteiger partial charge is 0.497 e. The van der Waals surface area contributed by atoms with E-state index in [0.29, 0.717) is 19.0 Å². The summed E-state index contributed by atoms with van der Waals surface area (Å²) in [5.74, 6) is 2.39. The minimum atomic E-state index is -0.414. The van der Waals surface area contributed by atoms with Gasteiger partial charge in [0.15, 0.2) is 5.82 Å². The van der Waals surface area contributed by atoms with Crippen LogP contribution in [-0.4, -0.2) is 61.2 Å². The first-order valence-electron chi connectivity index (χ1n) is 10.7. The highest BCUT2D eigenvalue weighted by atomic mass is 16.5. The quantitative estimate of drug-likeness (QED) is 0.755. The van der Waals surface area contributed by atoms with Crippen molar-refractivity contribution in [2.45, 2.75) is 37.5 Å². The van der Waals surface area contributed by atoms with E-state index in [1.54, 1.807) is 26.6 Å². The van der Waals surface area contributed by atoms with Crippen molar-refractivity contribution in [3.63, 3.8) is 0 Å². The van der Waals surface area contributed by atoms with Crippen molar-refractivity contribution in [3.8, 4) is 11.6 Å². The number of rotatable bonds is 5. The zero-order chi connectivity index (χ0) is 21.0. The molecule has 2 fully saturated rings. The predicted molar refractivity (Wildman–Crippen MR) is 115 cm³/mol. The summed E-state index contributed by atoms with van der Waals surface area (Å²) in [4.78, 5) is 26.7. The molecule has 2 aromatic rings. The van der Waals surface area contributed by atoms with Gasteiger partial charge in [-0.15, -0.1) is 0 Å². The summed E-state index contributed by atoms with van der Waals surface area (Å²) in [5.41, 5.74) is 0.705. The van der Waals surface area contributed by atoms with Crippen LogP contribution in [0.5, 0.6) is 11.6 Å². The summed E-state index contributed by atoms with van der Waals surface area (Å²) >= 11 is 0. The molecule has 1 aliphatic carbocycles. The number of benzene rings is 1. The first kappa shape index (κ1) is 20.4. The van der Waals surface area contributed by atoms with Gasteiger partial charge in [-0.1, -0.05) is 31.4 Å². The molecule has 2 heterocycles. The number of hydrogen-bond donors (Lipinski definition) is 0. The van der Waals surface area contributed by atoms with Gasteiger partial charge in [0.2, 0.25) is 11.8 Å². The normalized spacial score (nSPS) is 18.7. The fourth-order valence-electron chi connectivity index (χ4n) is 4.72.